The fourth-order valence-corrected chi connectivity index (χ4v) is 2.87. The second-order valence-corrected chi connectivity index (χ2v) is 5.96. The molecule has 0 aliphatic carbocycles. The third-order valence-corrected chi connectivity index (χ3v) is 3.93. The summed E-state index contributed by atoms with van der Waals surface area (Å²) < 4.78 is 0. The van der Waals surface area contributed by atoms with Crippen LogP contribution in [0.3, 0.4) is 0 Å². The Kier molecular flexibility index (Phi) is 5.51. The molecule has 1 aromatic heterocycles. The van der Waals surface area contributed by atoms with E-state index in [1.54, 1.807) is 16.3 Å². The third-order valence-electron chi connectivity index (χ3n) is 2.94. The van der Waals surface area contributed by atoms with Gasteiger partial charge in [0.05, 0.1) is 0 Å². The van der Waals surface area contributed by atoms with Crippen LogP contribution in [0, 0.1) is 0 Å². The number of rotatable bonds is 5. The molecule has 0 unspecified atom stereocenters. The molecule has 0 aliphatic heterocycles. The van der Waals surface area contributed by atoms with E-state index in [1.165, 1.54) is 18.3 Å². The van der Waals surface area contributed by atoms with Gasteiger partial charge in [0.2, 0.25) is 5.91 Å². The normalized spacial score (nSPS) is 10.3. The van der Waals surface area contributed by atoms with Crippen molar-refractivity contribution >= 4 is 39.9 Å². The number of amides is 2. The van der Waals surface area contributed by atoms with Crippen molar-refractivity contribution in [2.24, 2.45) is 0 Å². The lowest BCUT2D eigenvalue weighted by atomic mass is 10.2. The molecule has 0 spiro atoms. The van der Waals surface area contributed by atoms with Gasteiger partial charge in [0.1, 0.15) is 5.69 Å². The van der Waals surface area contributed by atoms with Crippen molar-refractivity contribution in [1.82, 2.24) is 9.88 Å². The monoisotopic (exact) mass is 337 g/mol. The summed E-state index contributed by atoms with van der Waals surface area (Å²) in [4.78, 5) is 29.3. The standard InChI is InChI=1S/C15H16ClN3O2S/c1-3-19(8-11-5-4-6-12(16)7-11)14(21)13-9-22-15(18-13)17-10(2)20/h4-7,9H,3,8H2,1-2H3,(H,17,18,20). The average Bonchev–Trinajstić information content (AvgIpc) is 2.91. The summed E-state index contributed by atoms with van der Waals surface area (Å²) in [5.74, 6) is -0.380. The summed E-state index contributed by atoms with van der Waals surface area (Å²) in [5, 5.41) is 5.29. The highest BCUT2D eigenvalue weighted by Gasteiger charge is 2.18. The third kappa shape index (κ3) is 4.29. The van der Waals surface area contributed by atoms with Crippen LogP contribution in [0.2, 0.25) is 5.02 Å². The number of hydrogen-bond acceptors (Lipinski definition) is 4. The van der Waals surface area contributed by atoms with Gasteiger partial charge in [-0.3, -0.25) is 9.59 Å². The second-order valence-electron chi connectivity index (χ2n) is 4.67. The molecule has 0 saturated heterocycles. The minimum atomic E-state index is -0.209. The summed E-state index contributed by atoms with van der Waals surface area (Å²) >= 11 is 7.20. The van der Waals surface area contributed by atoms with E-state index in [9.17, 15) is 9.59 Å². The van der Waals surface area contributed by atoms with Gasteiger partial charge in [0.25, 0.3) is 5.91 Å². The quantitative estimate of drug-likeness (QED) is 0.909. The molecule has 5 nitrogen and oxygen atoms in total. The largest absolute Gasteiger partial charge is 0.333 e. The van der Waals surface area contributed by atoms with Gasteiger partial charge < -0.3 is 10.2 Å². The molecule has 0 bridgehead atoms. The van der Waals surface area contributed by atoms with Crippen LogP contribution in [0.1, 0.15) is 29.9 Å². The number of nitrogens with one attached hydrogen (secondary N) is 1. The molecular weight excluding hydrogens is 322 g/mol. The van der Waals surface area contributed by atoms with E-state index >= 15 is 0 Å². The van der Waals surface area contributed by atoms with Crippen LogP contribution in [0.4, 0.5) is 5.13 Å². The van der Waals surface area contributed by atoms with Gasteiger partial charge in [-0.1, -0.05) is 23.7 Å². The Balaban J connectivity index is 2.11. The van der Waals surface area contributed by atoms with Gasteiger partial charge in [-0.25, -0.2) is 4.98 Å². The van der Waals surface area contributed by atoms with Crippen molar-refractivity contribution in [3.8, 4) is 0 Å². The maximum absolute atomic E-state index is 12.5. The van der Waals surface area contributed by atoms with Crippen molar-refractivity contribution < 1.29 is 9.59 Å². The lowest BCUT2D eigenvalue weighted by molar-refractivity contribution is -0.114. The first-order valence-corrected chi connectivity index (χ1v) is 8.02. The highest BCUT2D eigenvalue weighted by atomic mass is 35.5. The van der Waals surface area contributed by atoms with Crippen LogP contribution in [-0.2, 0) is 11.3 Å². The molecule has 0 fully saturated rings. The summed E-state index contributed by atoms with van der Waals surface area (Å²) in [6, 6.07) is 7.41. The van der Waals surface area contributed by atoms with Gasteiger partial charge in [-0.2, -0.15) is 0 Å². The molecule has 2 aromatic rings. The number of anilines is 1. The predicted molar refractivity (Wildman–Crippen MR) is 88.3 cm³/mol. The molecule has 0 saturated carbocycles. The number of hydrogen-bond donors (Lipinski definition) is 1. The Morgan fingerprint density at radius 2 is 2.18 bits per heavy atom. The predicted octanol–water partition coefficient (Wildman–Crippen LogP) is 3.42. The van der Waals surface area contributed by atoms with E-state index in [0.717, 1.165) is 5.56 Å². The fourth-order valence-electron chi connectivity index (χ4n) is 1.92. The van der Waals surface area contributed by atoms with E-state index in [1.807, 2.05) is 25.1 Å². The lowest BCUT2D eigenvalue weighted by Gasteiger charge is -2.20. The molecule has 7 heteroatoms. The van der Waals surface area contributed by atoms with Gasteiger partial charge in [-0.15, -0.1) is 11.3 Å². The van der Waals surface area contributed by atoms with Crippen LogP contribution in [-0.4, -0.2) is 28.2 Å². The van der Waals surface area contributed by atoms with E-state index in [0.29, 0.717) is 28.9 Å². The van der Waals surface area contributed by atoms with Gasteiger partial charge in [0.15, 0.2) is 5.13 Å². The molecule has 1 aromatic carbocycles. The molecule has 2 amide bonds. The van der Waals surface area contributed by atoms with Gasteiger partial charge in [0, 0.05) is 30.4 Å². The summed E-state index contributed by atoms with van der Waals surface area (Å²) in [6.45, 7) is 4.32. The van der Waals surface area contributed by atoms with Crippen molar-refractivity contribution in [2.75, 3.05) is 11.9 Å². The van der Waals surface area contributed by atoms with Crippen molar-refractivity contribution in [3.05, 3.63) is 45.9 Å². The minimum absolute atomic E-state index is 0.171. The van der Waals surface area contributed by atoms with Crippen LogP contribution >= 0.6 is 22.9 Å². The molecule has 0 atom stereocenters. The highest BCUT2D eigenvalue weighted by molar-refractivity contribution is 7.14. The van der Waals surface area contributed by atoms with Crippen LogP contribution in [0.5, 0.6) is 0 Å². The van der Waals surface area contributed by atoms with Crippen molar-refractivity contribution in [1.29, 1.82) is 0 Å². The number of halogens is 1. The Labute approximate surface area is 137 Å². The number of nitrogens with zero attached hydrogens (tertiary/aromatic N) is 2. The lowest BCUT2D eigenvalue weighted by Crippen LogP contribution is -2.30. The first kappa shape index (κ1) is 16.5. The Morgan fingerprint density at radius 3 is 2.82 bits per heavy atom. The van der Waals surface area contributed by atoms with E-state index in [2.05, 4.69) is 10.3 Å². The Hall–Kier alpha value is -1.92. The molecular formula is C15H16ClN3O2S. The summed E-state index contributed by atoms with van der Waals surface area (Å²) in [5.41, 5.74) is 1.29. The first-order valence-electron chi connectivity index (χ1n) is 6.76. The maximum atomic E-state index is 12.5. The molecule has 116 valence electrons. The van der Waals surface area contributed by atoms with Crippen molar-refractivity contribution in [2.45, 2.75) is 20.4 Å². The maximum Gasteiger partial charge on any atom is 0.273 e. The fraction of sp³-hybridized carbons (Fsp3) is 0.267. The Morgan fingerprint density at radius 1 is 1.41 bits per heavy atom. The van der Waals surface area contributed by atoms with Crippen LogP contribution < -0.4 is 5.32 Å². The van der Waals surface area contributed by atoms with Gasteiger partial charge >= 0.3 is 0 Å². The van der Waals surface area contributed by atoms with Crippen molar-refractivity contribution in [3.63, 3.8) is 0 Å². The van der Waals surface area contributed by atoms with E-state index < -0.39 is 0 Å². The smallest absolute Gasteiger partial charge is 0.273 e. The molecule has 0 aliphatic rings. The molecule has 0 radical (unpaired) electrons. The average molecular weight is 338 g/mol. The van der Waals surface area contributed by atoms with Gasteiger partial charge in [-0.05, 0) is 24.6 Å². The minimum Gasteiger partial charge on any atom is -0.333 e. The number of benzene rings is 1. The highest BCUT2D eigenvalue weighted by Crippen LogP contribution is 2.18. The summed E-state index contributed by atoms with van der Waals surface area (Å²) in [7, 11) is 0. The Bertz CT molecular complexity index is 687. The molecule has 1 N–H and O–H groups in total. The van der Waals surface area contributed by atoms with E-state index in [-0.39, 0.29) is 11.8 Å². The second kappa shape index (κ2) is 7.38. The number of aromatic nitrogens is 1. The van der Waals surface area contributed by atoms with Crippen LogP contribution in [0.15, 0.2) is 29.6 Å². The number of thiazole rings is 1. The molecule has 22 heavy (non-hydrogen) atoms. The first-order chi connectivity index (χ1) is 10.5. The van der Waals surface area contributed by atoms with Crippen LogP contribution in [0.25, 0.3) is 0 Å². The SMILES string of the molecule is CCN(Cc1cccc(Cl)c1)C(=O)c1csc(NC(C)=O)n1. The zero-order valence-corrected chi connectivity index (χ0v) is 13.9. The topological polar surface area (TPSA) is 62.3 Å². The molecule has 1 heterocycles. The zero-order valence-electron chi connectivity index (χ0n) is 12.3. The summed E-state index contributed by atoms with van der Waals surface area (Å²) in [6.07, 6.45) is 0. The zero-order chi connectivity index (χ0) is 16.1. The number of carbonyl (C=O) groups excluding carboxylic acids is 2. The number of carbonyl (C=O) groups is 2. The van der Waals surface area contributed by atoms with E-state index in [4.69, 9.17) is 11.6 Å². The molecule has 2 rings (SSSR count).